The highest BCUT2D eigenvalue weighted by molar-refractivity contribution is 7.60. The molecular formula is C15H11O5P. The monoisotopic (exact) mass is 302 g/mol. The van der Waals surface area contributed by atoms with Gasteiger partial charge < -0.3 is 14.2 Å². The van der Waals surface area contributed by atoms with Gasteiger partial charge in [0.15, 0.2) is 5.30 Å². The van der Waals surface area contributed by atoms with E-state index >= 15 is 0 Å². The Labute approximate surface area is 119 Å². The Morgan fingerprint density at radius 1 is 0.905 bits per heavy atom. The molecular weight excluding hydrogens is 291 g/mol. The van der Waals surface area contributed by atoms with Crippen molar-refractivity contribution < 1.29 is 18.8 Å². The lowest BCUT2D eigenvalue weighted by atomic mass is 10.0. The van der Waals surface area contributed by atoms with Gasteiger partial charge in [0.2, 0.25) is 0 Å². The average molecular weight is 302 g/mol. The van der Waals surface area contributed by atoms with E-state index in [1.807, 2.05) is 0 Å². The first-order valence-electron chi connectivity index (χ1n) is 6.16. The van der Waals surface area contributed by atoms with Crippen LogP contribution < -0.4 is 10.9 Å². The van der Waals surface area contributed by atoms with Crippen LogP contribution >= 0.6 is 7.60 Å². The van der Waals surface area contributed by atoms with E-state index in [9.17, 15) is 19.1 Å². The molecule has 0 fully saturated rings. The van der Waals surface area contributed by atoms with Crippen LogP contribution in [0.2, 0.25) is 0 Å². The first-order valence-corrected chi connectivity index (χ1v) is 7.77. The van der Waals surface area contributed by atoms with Crippen LogP contribution in [0, 0.1) is 0 Å². The number of benzene rings is 2. The molecule has 0 radical (unpaired) electrons. The third-order valence-electron chi connectivity index (χ3n) is 3.14. The third-order valence-corrected chi connectivity index (χ3v) is 4.13. The minimum atomic E-state index is -4.77. The molecule has 1 heterocycles. The molecule has 0 atom stereocenters. The molecule has 0 unspecified atom stereocenters. The molecule has 0 saturated carbocycles. The number of fused-ring (bicyclic) bond motifs is 1. The number of hydrogen-bond donors (Lipinski definition) is 2. The summed E-state index contributed by atoms with van der Waals surface area (Å²) in [5.41, 5.74) is 0.0511. The maximum atomic E-state index is 12.0. The quantitative estimate of drug-likeness (QED) is 0.560. The molecule has 0 spiro atoms. The first-order chi connectivity index (χ1) is 9.98. The van der Waals surface area contributed by atoms with E-state index in [0.29, 0.717) is 16.5 Å². The maximum absolute atomic E-state index is 12.0. The molecule has 5 nitrogen and oxygen atoms in total. The van der Waals surface area contributed by atoms with Crippen molar-refractivity contribution in [1.29, 1.82) is 0 Å². The summed E-state index contributed by atoms with van der Waals surface area (Å²) < 4.78 is 16.8. The first kappa shape index (κ1) is 13.8. The molecule has 6 heteroatoms. The fraction of sp³-hybridized carbons (Fsp3) is 0. The van der Waals surface area contributed by atoms with Gasteiger partial charge in [-0.2, -0.15) is 0 Å². The molecule has 0 amide bonds. The molecule has 0 aliphatic rings. The van der Waals surface area contributed by atoms with E-state index < -0.39 is 18.5 Å². The fourth-order valence-corrected chi connectivity index (χ4v) is 3.13. The lowest BCUT2D eigenvalue weighted by Gasteiger charge is -2.12. The Hall–Kier alpha value is -2.20. The number of hydrogen-bond acceptors (Lipinski definition) is 3. The minimum absolute atomic E-state index is 0.218. The molecule has 2 aromatic carbocycles. The summed E-state index contributed by atoms with van der Waals surface area (Å²) in [6.07, 6.45) is 0. The zero-order valence-corrected chi connectivity index (χ0v) is 11.7. The number of para-hydroxylation sites is 1. The van der Waals surface area contributed by atoms with Crippen molar-refractivity contribution in [1.82, 2.24) is 0 Å². The van der Waals surface area contributed by atoms with E-state index in [1.54, 1.807) is 54.6 Å². The van der Waals surface area contributed by atoms with E-state index in [-0.39, 0.29) is 5.56 Å². The van der Waals surface area contributed by atoms with Gasteiger partial charge in [-0.15, -0.1) is 0 Å². The fourth-order valence-electron chi connectivity index (χ4n) is 2.30. The summed E-state index contributed by atoms with van der Waals surface area (Å²) in [7, 11) is -4.77. The van der Waals surface area contributed by atoms with Crippen LogP contribution in [0.25, 0.3) is 22.1 Å². The Morgan fingerprint density at radius 2 is 1.52 bits per heavy atom. The largest absolute Gasteiger partial charge is 0.422 e. The summed E-state index contributed by atoms with van der Waals surface area (Å²) in [5, 5.41) is -0.117. The molecule has 0 aliphatic heterocycles. The highest BCUT2D eigenvalue weighted by atomic mass is 31.2. The van der Waals surface area contributed by atoms with E-state index in [2.05, 4.69) is 0 Å². The molecule has 0 aliphatic carbocycles. The van der Waals surface area contributed by atoms with Crippen LogP contribution in [0.4, 0.5) is 0 Å². The average Bonchev–Trinajstić information content (AvgIpc) is 2.45. The summed E-state index contributed by atoms with van der Waals surface area (Å²) in [4.78, 5) is 31.1. The van der Waals surface area contributed by atoms with Crippen molar-refractivity contribution in [2.75, 3.05) is 0 Å². The second-order valence-electron chi connectivity index (χ2n) is 4.52. The van der Waals surface area contributed by atoms with Crippen LogP contribution in [-0.4, -0.2) is 9.79 Å². The molecule has 0 saturated heterocycles. The number of rotatable bonds is 2. The van der Waals surface area contributed by atoms with Gasteiger partial charge in [0.1, 0.15) is 5.58 Å². The molecule has 3 aromatic rings. The van der Waals surface area contributed by atoms with Crippen LogP contribution in [0.3, 0.4) is 0 Å². The summed E-state index contributed by atoms with van der Waals surface area (Å²) in [6.45, 7) is 0. The van der Waals surface area contributed by atoms with Crippen LogP contribution in [0.15, 0.2) is 63.8 Å². The Kier molecular flexibility index (Phi) is 3.26. The Bertz CT molecular complexity index is 908. The molecule has 3 rings (SSSR count). The second-order valence-corrected chi connectivity index (χ2v) is 6.05. The van der Waals surface area contributed by atoms with Crippen molar-refractivity contribution >= 4 is 23.9 Å². The van der Waals surface area contributed by atoms with E-state index in [0.717, 1.165) is 0 Å². The van der Waals surface area contributed by atoms with Gasteiger partial charge in [-0.25, -0.2) is 4.79 Å². The smallest absolute Gasteiger partial charge is 0.364 e. The van der Waals surface area contributed by atoms with Gasteiger partial charge in [0.05, 0.1) is 0 Å². The standard InChI is InChI=1S/C15H11O5P/c16-15-14(21(17,18)19)13(10-6-2-1-3-7-10)11-8-4-5-9-12(11)20-15/h1-9H,(H2,17,18,19). The highest BCUT2D eigenvalue weighted by Crippen LogP contribution is 2.39. The molecule has 1 aromatic heterocycles. The van der Waals surface area contributed by atoms with Gasteiger partial charge in [0.25, 0.3) is 0 Å². The lowest BCUT2D eigenvalue weighted by molar-refractivity contribution is 0.386. The predicted molar refractivity (Wildman–Crippen MR) is 79.6 cm³/mol. The summed E-state index contributed by atoms with van der Waals surface area (Å²) >= 11 is 0. The third kappa shape index (κ3) is 2.43. The zero-order chi connectivity index (χ0) is 15.0. The molecule has 106 valence electrons. The highest BCUT2D eigenvalue weighted by Gasteiger charge is 2.29. The molecule has 2 N–H and O–H groups in total. The Morgan fingerprint density at radius 3 is 2.19 bits per heavy atom. The van der Waals surface area contributed by atoms with Gasteiger partial charge >= 0.3 is 13.2 Å². The van der Waals surface area contributed by atoms with E-state index in [1.165, 1.54) is 0 Å². The maximum Gasteiger partial charge on any atom is 0.364 e. The summed E-state index contributed by atoms with van der Waals surface area (Å²) in [5.74, 6) is 0. The van der Waals surface area contributed by atoms with Crippen molar-refractivity contribution in [3.05, 3.63) is 65.0 Å². The normalized spacial score (nSPS) is 11.7. The lowest BCUT2D eigenvalue weighted by Crippen LogP contribution is -2.26. The Balaban J connectivity index is 2.55. The van der Waals surface area contributed by atoms with Crippen molar-refractivity contribution in [3.63, 3.8) is 0 Å². The van der Waals surface area contributed by atoms with Crippen LogP contribution in [0.1, 0.15) is 0 Å². The van der Waals surface area contributed by atoms with Crippen molar-refractivity contribution in [2.45, 2.75) is 0 Å². The topological polar surface area (TPSA) is 87.7 Å². The van der Waals surface area contributed by atoms with Crippen LogP contribution in [0.5, 0.6) is 0 Å². The zero-order valence-electron chi connectivity index (χ0n) is 10.8. The van der Waals surface area contributed by atoms with Gasteiger partial charge in [-0.3, -0.25) is 4.57 Å². The van der Waals surface area contributed by atoms with Crippen molar-refractivity contribution in [2.24, 2.45) is 0 Å². The van der Waals surface area contributed by atoms with Gasteiger partial charge in [0, 0.05) is 10.9 Å². The minimum Gasteiger partial charge on any atom is -0.422 e. The van der Waals surface area contributed by atoms with Crippen molar-refractivity contribution in [3.8, 4) is 11.1 Å². The SMILES string of the molecule is O=c1oc2ccccc2c(-c2ccccc2)c1P(=O)(O)O. The molecule has 0 bridgehead atoms. The van der Waals surface area contributed by atoms with E-state index in [4.69, 9.17) is 4.42 Å². The summed E-state index contributed by atoms with van der Waals surface area (Å²) in [6, 6.07) is 15.3. The van der Waals surface area contributed by atoms with Crippen LogP contribution in [-0.2, 0) is 4.57 Å². The second kappa shape index (κ2) is 4.97. The molecule has 21 heavy (non-hydrogen) atoms. The predicted octanol–water partition coefficient (Wildman–Crippen LogP) is 2.26. The van der Waals surface area contributed by atoms with Gasteiger partial charge in [-0.05, 0) is 11.6 Å². The van der Waals surface area contributed by atoms with Gasteiger partial charge in [-0.1, -0.05) is 48.5 Å².